The minimum atomic E-state index is -1.60. The van der Waals surface area contributed by atoms with Gasteiger partial charge in [-0.05, 0) is 42.7 Å². The molecular formula is C13H18O5. The Kier molecular flexibility index (Phi) is 4.69. The molecule has 0 aromatic heterocycles. The first-order valence-electron chi connectivity index (χ1n) is 5.51. The number of carbonyl (C=O) groups excluding carboxylic acids is 1. The summed E-state index contributed by atoms with van der Waals surface area (Å²) in [7, 11) is 2.71. The highest BCUT2D eigenvalue weighted by Gasteiger charge is 2.28. The molecule has 0 amide bonds. The van der Waals surface area contributed by atoms with E-state index in [0.29, 0.717) is 11.3 Å². The second-order valence-electron chi connectivity index (χ2n) is 4.09. The van der Waals surface area contributed by atoms with E-state index in [2.05, 4.69) is 4.74 Å². The van der Waals surface area contributed by atoms with E-state index < -0.39 is 18.2 Å². The molecule has 0 aliphatic rings. The Morgan fingerprint density at radius 1 is 1.17 bits per heavy atom. The third kappa shape index (κ3) is 2.80. The Morgan fingerprint density at radius 2 is 1.67 bits per heavy atom. The van der Waals surface area contributed by atoms with Crippen LogP contribution in [0.2, 0.25) is 0 Å². The van der Waals surface area contributed by atoms with Gasteiger partial charge in [-0.3, -0.25) is 0 Å². The van der Waals surface area contributed by atoms with E-state index >= 15 is 0 Å². The van der Waals surface area contributed by atoms with Crippen LogP contribution in [0.25, 0.3) is 0 Å². The van der Waals surface area contributed by atoms with E-state index in [-0.39, 0.29) is 0 Å². The van der Waals surface area contributed by atoms with Gasteiger partial charge in [0.2, 0.25) is 0 Å². The van der Waals surface area contributed by atoms with Gasteiger partial charge in [-0.1, -0.05) is 0 Å². The van der Waals surface area contributed by atoms with Crippen molar-refractivity contribution in [2.45, 2.75) is 26.1 Å². The normalized spacial score (nSPS) is 13.9. The summed E-state index contributed by atoms with van der Waals surface area (Å²) in [6, 6.07) is 3.46. The molecule has 2 atom stereocenters. The molecule has 2 N–H and O–H groups in total. The topological polar surface area (TPSA) is 76.0 Å². The number of hydrogen-bond donors (Lipinski definition) is 2. The maximum Gasteiger partial charge on any atom is 0.337 e. The average molecular weight is 254 g/mol. The van der Waals surface area contributed by atoms with Gasteiger partial charge in [0.25, 0.3) is 0 Å². The summed E-state index contributed by atoms with van der Waals surface area (Å²) < 4.78 is 9.51. The Hall–Kier alpha value is -1.59. The van der Waals surface area contributed by atoms with Crippen molar-refractivity contribution in [1.29, 1.82) is 0 Å². The van der Waals surface area contributed by atoms with E-state index in [4.69, 9.17) is 4.74 Å². The number of rotatable bonds is 4. The van der Waals surface area contributed by atoms with Crippen LogP contribution >= 0.6 is 0 Å². The predicted octanol–water partition coefficient (Wildman–Crippen LogP) is 0.879. The zero-order valence-corrected chi connectivity index (χ0v) is 10.9. The number of methoxy groups -OCH3 is 2. The minimum absolute atomic E-state index is 0.508. The van der Waals surface area contributed by atoms with Crippen LogP contribution in [0, 0.1) is 13.8 Å². The van der Waals surface area contributed by atoms with Gasteiger partial charge in [-0.2, -0.15) is 0 Å². The monoisotopic (exact) mass is 254 g/mol. The molecule has 0 saturated carbocycles. The fourth-order valence-corrected chi connectivity index (χ4v) is 1.93. The van der Waals surface area contributed by atoms with Gasteiger partial charge in [-0.15, -0.1) is 0 Å². The second kappa shape index (κ2) is 5.84. The Morgan fingerprint density at radius 3 is 2.06 bits per heavy atom. The van der Waals surface area contributed by atoms with Crippen molar-refractivity contribution in [2.75, 3.05) is 14.2 Å². The highest BCUT2D eigenvalue weighted by Crippen LogP contribution is 2.29. The molecule has 1 aromatic rings. The number of ether oxygens (including phenoxy) is 2. The number of aliphatic hydroxyl groups is 2. The van der Waals surface area contributed by atoms with Crippen LogP contribution < -0.4 is 4.74 Å². The van der Waals surface area contributed by atoms with Crippen LogP contribution in [0.5, 0.6) is 5.75 Å². The Labute approximate surface area is 106 Å². The van der Waals surface area contributed by atoms with Gasteiger partial charge < -0.3 is 19.7 Å². The fraction of sp³-hybridized carbons (Fsp3) is 0.462. The molecule has 1 rings (SSSR count). The third-order valence-corrected chi connectivity index (χ3v) is 2.84. The van der Waals surface area contributed by atoms with Crippen LogP contribution in [0.4, 0.5) is 0 Å². The quantitative estimate of drug-likeness (QED) is 0.780. The van der Waals surface area contributed by atoms with Crippen LogP contribution in [0.3, 0.4) is 0 Å². The van der Waals surface area contributed by atoms with Crippen LogP contribution in [-0.2, 0) is 9.53 Å². The van der Waals surface area contributed by atoms with Crippen LogP contribution in [0.15, 0.2) is 12.1 Å². The standard InChI is InChI=1S/C13H18O5/c1-7-5-9(17-3)6-8(2)10(7)11(14)12(15)13(16)18-4/h5-6,11-12,14-15H,1-4H3. The molecule has 0 bridgehead atoms. The van der Waals surface area contributed by atoms with E-state index in [1.165, 1.54) is 0 Å². The zero-order chi connectivity index (χ0) is 13.9. The molecule has 0 heterocycles. The number of esters is 1. The Balaban J connectivity index is 3.13. The number of carbonyl (C=O) groups is 1. The maximum absolute atomic E-state index is 11.2. The number of benzene rings is 1. The molecule has 100 valence electrons. The summed E-state index contributed by atoms with van der Waals surface area (Å²) in [6.07, 6.45) is -2.91. The molecule has 0 spiro atoms. The number of aryl methyl sites for hydroxylation is 2. The maximum atomic E-state index is 11.2. The molecule has 0 aliphatic carbocycles. The van der Waals surface area contributed by atoms with Crippen molar-refractivity contribution >= 4 is 5.97 Å². The molecule has 5 heteroatoms. The highest BCUT2D eigenvalue weighted by molar-refractivity contribution is 5.75. The summed E-state index contributed by atoms with van der Waals surface area (Å²) in [6.45, 7) is 3.55. The Bertz CT molecular complexity index is 418. The van der Waals surface area contributed by atoms with Crippen molar-refractivity contribution in [3.05, 3.63) is 28.8 Å². The van der Waals surface area contributed by atoms with E-state index in [0.717, 1.165) is 18.2 Å². The number of aliphatic hydroxyl groups excluding tert-OH is 2. The van der Waals surface area contributed by atoms with Crippen molar-refractivity contribution in [2.24, 2.45) is 0 Å². The highest BCUT2D eigenvalue weighted by atomic mass is 16.5. The lowest BCUT2D eigenvalue weighted by Gasteiger charge is -2.20. The molecule has 2 unspecified atom stereocenters. The van der Waals surface area contributed by atoms with Gasteiger partial charge in [0.05, 0.1) is 14.2 Å². The lowest BCUT2D eigenvalue weighted by molar-refractivity contribution is -0.156. The van der Waals surface area contributed by atoms with Gasteiger partial charge in [0.15, 0.2) is 6.10 Å². The van der Waals surface area contributed by atoms with E-state index in [1.54, 1.807) is 33.1 Å². The van der Waals surface area contributed by atoms with Crippen LogP contribution in [-0.4, -0.2) is 36.5 Å². The summed E-state index contributed by atoms with van der Waals surface area (Å²) >= 11 is 0. The summed E-state index contributed by atoms with van der Waals surface area (Å²) in [5.41, 5.74) is 1.98. The minimum Gasteiger partial charge on any atom is -0.497 e. The van der Waals surface area contributed by atoms with Gasteiger partial charge in [0, 0.05) is 0 Å². The molecule has 1 aromatic carbocycles. The zero-order valence-electron chi connectivity index (χ0n) is 10.9. The molecule has 5 nitrogen and oxygen atoms in total. The van der Waals surface area contributed by atoms with Gasteiger partial charge in [0.1, 0.15) is 11.9 Å². The first-order valence-corrected chi connectivity index (χ1v) is 5.51. The molecule has 0 saturated heterocycles. The van der Waals surface area contributed by atoms with E-state index in [1.807, 2.05) is 0 Å². The summed E-state index contributed by atoms with van der Waals surface area (Å²) in [4.78, 5) is 11.2. The predicted molar refractivity (Wildman–Crippen MR) is 65.5 cm³/mol. The summed E-state index contributed by atoms with van der Waals surface area (Å²) in [5.74, 6) is -0.203. The second-order valence-corrected chi connectivity index (χ2v) is 4.09. The van der Waals surface area contributed by atoms with Crippen molar-refractivity contribution in [3.8, 4) is 5.75 Å². The molecular weight excluding hydrogens is 236 g/mol. The molecule has 0 aliphatic heterocycles. The van der Waals surface area contributed by atoms with Crippen molar-refractivity contribution < 1.29 is 24.5 Å². The third-order valence-electron chi connectivity index (χ3n) is 2.84. The average Bonchev–Trinajstić information content (AvgIpc) is 2.35. The van der Waals surface area contributed by atoms with Gasteiger partial charge >= 0.3 is 5.97 Å². The SMILES string of the molecule is COC(=O)C(O)C(O)c1c(C)cc(OC)cc1C. The lowest BCUT2D eigenvalue weighted by Crippen LogP contribution is -2.29. The molecule has 0 radical (unpaired) electrons. The fourth-order valence-electron chi connectivity index (χ4n) is 1.93. The van der Waals surface area contributed by atoms with Crippen LogP contribution in [0.1, 0.15) is 22.8 Å². The number of hydrogen-bond acceptors (Lipinski definition) is 5. The first-order chi connectivity index (χ1) is 8.42. The van der Waals surface area contributed by atoms with Crippen molar-refractivity contribution in [3.63, 3.8) is 0 Å². The molecule has 18 heavy (non-hydrogen) atoms. The largest absolute Gasteiger partial charge is 0.497 e. The first kappa shape index (κ1) is 14.5. The summed E-state index contributed by atoms with van der Waals surface area (Å²) in [5, 5.41) is 19.7. The molecule has 0 fully saturated rings. The lowest BCUT2D eigenvalue weighted by atomic mass is 9.94. The van der Waals surface area contributed by atoms with Crippen molar-refractivity contribution in [1.82, 2.24) is 0 Å². The van der Waals surface area contributed by atoms with E-state index in [9.17, 15) is 15.0 Å². The smallest absolute Gasteiger partial charge is 0.337 e. The van der Waals surface area contributed by atoms with Gasteiger partial charge in [-0.25, -0.2) is 4.79 Å².